The van der Waals surface area contributed by atoms with E-state index in [1.807, 2.05) is 21.1 Å². The number of likely N-dealkylation sites (N-methyl/N-ethyl adjacent to an activating group) is 1. The Balaban J connectivity index is 4.27. The van der Waals surface area contributed by atoms with Gasteiger partial charge in [-0.05, 0) is 89.9 Å². The van der Waals surface area contributed by atoms with Crippen molar-refractivity contribution in [3.05, 3.63) is 72.9 Å². The molecule has 0 aliphatic heterocycles. The molecular formula is C64H114NO8+. The Labute approximate surface area is 449 Å². The van der Waals surface area contributed by atoms with E-state index in [2.05, 4.69) is 86.8 Å². The summed E-state index contributed by atoms with van der Waals surface area (Å²) in [5, 5.41) is 9.71. The van der Waals surface area contributed by atoms with Gasteiger partial charge in [-0.15, -0.1) is 0 Å². The number of allylic oxidation sites excluding steroid dienone is 12. The molecule has 0 aromatic carbocycles. The molecule has 0 amide bonds. The summed E-state index contributed by atoms with van der Waals surface area (Å²) < 4.78 is 22.9. The zero-order chi connectivity index (χ0) is 53.4. The molecule has 0 rings (SSSR count). The van der Waals surface area contributed by atoms with Gasteiger partial charge in [0.05, 0.1) is 34.4 Å². The molecule has 2 atom stereocenters. The minimum Gasteiger partial charge on any atom is -0.477 e. The maximum atomic E-state index is 12.9. The fourth-order valence-electron chi connectivity index (χ4n) is 8.26. The Bertz CT molecular complexity index is 1420. The van der Waals surface area contributed by atoms with Crippen LogP contribution < -0.4 is 0 Å². The first-order valence-electron chi connectivity index (χ1n) is 30.1. The van der Waals surface area contributed by atoms with Crippen molar-refractivity contribution in [2.75, 3.05) is 47.5 Å². The molecule has 0 saturated carbocycles. The molecule has 1 N–H and O–H groups in total. The summed E-state index contributed by atoms with van der Waals surface area (Å²) in [7, 11) is 5.96. The van der Waals surface area contributed by atoms with Gasteiger partial charge >= 0.3 is 17.9 Å². The molecule has 0 spiro atoms. The van der Waals surface area contributed by atoms with E-state index in [9.17, 15) is 19.5 Å². The maximum absolute atomic E-state index is 12.9. The third-order valence-corrected chi connectivity index (χ3v) is 12.9. The van der Waals surface area contributed by atoms with Crippen molar-refractivity contribution in [2.24, 2.45) is 0 Å². The van der Waals surface area contributed by atoms with E-state index in [0.717, 1.165) is 77.0 Å². The summed E-state index contributed by atoms with van der Waals surface area (Å²) >= 11 is 0. The van der Waals surface area contributed by atoms with Crippen LogP contribution in [-0.2, 0) is 33.3 Å². The van der Waals surface area contributed by atoms with Crippen LogP contribution in [0.15, 0.2) is 72.9 Å². The molecule has 422 valence electrons. The van der Waals surface area contributed by atoms with Crippen LogP contribution in [0.2, 0.25) is 0 Å². The first kappa shape index (κ1) is 69.7. The van der Waals surface area contributed by atoms with Gasteiger partial charge in [-0.3, -0.25) is 9.59 Å². The third kappa shape index (κ3) is 56.3. The van der Waals surface area contributed by atoms with Crippen molar-refractivity contribution in [3.8, 4) is 0 Å². The van der Waals surface area contributed by atoms with Crippen LogP contribution in [0.25, 0.3) is 0 Å². The second-order valence-electron chi connectivity index (χ2n) is 21.3. The number of carboxylic acids is 1. The Hall–Kier alpha value is -3.27. The van der Waals surface area contributed by atoms with Crippen molar-refractivity contribution < 1.29 is 42.9 Å². The Morgan fingerprint density at radius 3 is 1.10 bits per heavy atom. The lowest BCUT2D eigenvalue weighted by atomic mass is 10.0. The van der Waals surface area contributed by atoms with Crippen molar-refractivity contribution in [3.63, 3.8) is 0 Å². The molecule has 0 radical (unpaired) electrons. The summed E-state index contributed by atoms with van der Waals surface area (Å²) in [6, 6.07) is 0. The lowest BCUT2D eigenvalue weighted by Crippen LogP contribution is -2.40. The summed E-state index contributed by atoms with van der Waals surface area (Å²) in [5.74, 6) is -2.02. The largest absolute Gasteiger partial charge is 0.477 e. The Kier molecular flexibility index (Phi) is 52.5. The molecule has 0 saturated heterocycles. The SMILES string of the molecule is CCCCCCC/C=C\C/C=C\C/C=C\CCCCCCCCCCCCC(=O)OC(COC(=O)CCCCCCCCCC/C=C\C/C=C\C/C=C\CCCCCCC)COC(OCC[N+](C)(C)C)C(=O)O. The van der Waals surface area contributed by atoms with E-state index >= 15 is 0 Å². The van der Waals surface area contributed by atoms with Crippen LogP contribution in [-0.4, -0.2) is 87.4 Å². The molecular weight excluding hydrogens is 911 g/mol. The fourth-order valence-corrected chi connectivity index (χ4v) is 8.26. The van der Waals surface area contributed by atoms with E-state index in [1.165, 1.54) is 148 Å². The smallest absolute Gasteiger partial charge is 0.361 e. The van der Waals surface area contributed by atoms with Crippen LogP contribution in [0.3, 0.4) is 0 Å². The van der Waals surface area contributed by atoms with Crippen LogP contribution >= 0.6 is 0 Å². The van der Waals surface area contributed by atoms with Crippen LogP contribution in [0.4, 0.5) is 0 Å². The van der Waals surface area contributed by atoms with Gasteiger partial charge in [-0.1, -0.05) is 228 Å². The first-order valence-corrected chi connectivity index (χ1v) is 30.1. The van der Waals surface area contributed by atoms with Gasteiger partial charge in [0.15, 0.2) is 6.10 Å². The minimum atomic E-state index is -1.52. The molecule has 0 fully saturated rings. The normalized spacial score (nSPS) is 13.3. The number of rotatable bonds is 55. The van der Waals surface area contributed by atoms with E-state index in [0.29, 0.717) is 23.9 Å². The Morgan fingerprint density at radius 2 is 0.740 bits per heavy atom. The molecule has 0 bridgehead atoms. The molecule has 0 heterocycles. The van der Waals surface area contributed by atoms with Crippen molar-refractivity contribution in [1.82, 2.24) is 0 Å². The lowest BCUT2D eigenvalue weighted by molar-refractivity contribution is -0.870. The number of quaternary nitrogens is 1. The molecule has 9 heteroatoms. The van der Waals surface area contributed by atoms with E-state index < -0.39 is 24.3 Å². The fraction of sp³-hybridized carbons (Fsp3) is 0.766. The predicted molar refractivity (Wildman–Crippen MR) is 309 cm³/mol. The molecule has 0 aliphatic carbocycles. The standard InChI is InChI=1S/C64H113NO8/c1-6-8-10-12-14-16-18-20-22-24-26-28-30-31-33-35-37-39-41-43-45-47-49-51-53-55-62(67)73-60(59-72-64(63(68)69)70-57-56-65(3,4)5)58-71-61(66)54-52-50-48-46-44-42-40-38-36-34-32-29-27-25-23-21-19-17-15-13-11-9-7-2/h18-21,24-27,30-32,34,60,64H,6-17,22-23,28-29,33,35-59H2,1-5H3/p+1/b20-18-,21-19-,26-24-,27-25-,31-30-,34-32-. The number of esters is 2. The monoisotopic (exact) mass is 1020 g/mol. The Morgan fingerprint density at radius 1 is 0.411 bits per heavy atom. The minimum absolute atomic E-state index is 0.183. The molecule has 73 heavy (non-hydrogen) atoms. The molecule has 2 unspecified atom stereocenters. The van der Waals surface area contributed by atoms with E-state index in [4.69, 9.17) is 18.9 Å². The van der Waals surface area contributed by atoms with Crippen LogP contribution in [0.1, 0.15) is 258 Å². The summed E-state index contributed by atoms with van der Waals surface area (Å²) in [6.45, 7) is 4.85. The van der Waals surface area contributed by atoms with Gasteiger partial charge in [0.25, 0.3) is 6.29 Å². The summed E-state index contributed by atoms with van der Waals surface area (Å²) in [6.07, 6.45) is 68.3. The number of ether oxygens (including phenoxy) is 4. The molecule has 9 nitrogen and oxygen atoms in total. The van der Waals surface area contributed by atoms with Crippen molar-refractivity contribution in [2.45, 2.75) is 270 Å². The zero-order valence-corrected chi connectivity index (χ0v) is 48.0. The summed E-state index contributed by atoms with van der Waals surface area (Å²) in [5.41, 5.74) is 0. The summed E-state index contributed by atoms with van der Waals surface area (Å²) in [4.78, 5) is 37.5. The van der Waals surface area contributed by atoms with Crippen molar-refractivity contribution in [1.29, 1.82) is 0 Å². The van der Waals surface area contributed by atoms with Gasteiger partial charge in [0.1, 0.15) is 13.2 Å². The first-order chi connectivity index (χ1) is 35.6. The number of hydrogen-bond donors (Lipinski definition) is 1. The average Bonchev–Trinajstić information content (AvgIpc) is 3.36. The number of carbonyl (C=O) groups excluding carboxylic acids is 2. The molecule has 0 aromatic heterocycles. The lowest BCUT2D eigenvalue weighted by Gasteiger charge is -2.25. The van der Waals surface area contributed by atoms with Crippen molar-refractivity contribution >= 4 is 17.9 Å². The predicted octanol–water partition coefficient (Wildman–Crippen LogP) is 17.8. The number of aliphatic carboxylic acids is 1. The highest BCUT2D eigenvalue weighted by molar-refractivity contribution is 5.71. The van der Waals surface area contributed by atoms with E-state index in [1.54, 1.807) is 0 Å². The van der Waals surface area contributed by atoms with Crippen LogP contribution in [0.5, 0.6) is 0 Å². The van der Waals surface area contributed by atoms with Gasteiger partial charge in [-0.2, -0.15) is 0 Å². The number of unbranched alkanes of at least 4 members (excludes halogenated alkanes) is 28. The number of carbonyl (C=O) groups is 3. The quantitative estimate of drug-likeness (QED) is 0.0211. The van der Waals surface area contributed by atoms with Crippen LogP contribution in [0, 0.1) is 0 Å². The second kappa shape index (κ2) is 55.0. The highest BCUT2D eigenvalue weighted by Gasteiger charge is 2.25. The zero-order valence-electron chi connectivity index (χ0n) is 48.0. The van der Waals surface area contributed by atoms with Gasteiger partial charge in [0, 0.05) is 12.8 Å². The number of nitrogens with zero attached hydrogens (tertiary/aromatic N) is 1. The highest BCUT2D eigenvalue weighted by atomic mass is 16.7. The van der Waals surface area contributed by atoms with Gasteiger partial charge in [-0.25, -0.2) is 4.79 Å². The third-order valence-electron chi connectivity index (χ3n) is 12.9. The van der Waals surface area contributed by atoms with Gasteiger partial charge < -0.3 is 28.5 Å². The number of carboxylic acid groups (broad SMARTS) is 1. The van der Waals surface area contributed by atoms with Gasteiger partial charge in [0.2, 0.25) is 0 Å². The second-order valence-corrected chi connectivity index (χ2v) is 21.3. The molecule has 0 aliphatic rings. The average molecular weight is 1030 g/mol. The maximum Gasteiger partial charge on any atom is 0.361 e. The van der Waals surface area contributed by atoms with E-state index in [-0.39, 0.29) is 32.2 Å². The highest BCUT2D eigenvalue weighted by Crippen LogP contribution is 2.15. The topological polar surface area (TPSA) is 108 Å². The number of hydrogen-bond acceptors (Lipinski definition) is 7. The molecule has 0 aromatic rings.